The van der Waals surface area contributed by atoms with E-state index in [9.17, 15) is 35.8 Å². The van der Waals surface area contributed by atoms with Gasteiger partial charge < -0.3 is 43.2 Å². The van der Waals surface area contributed by atoms with Gasteiger partial charge in [0.1, 0.15) is 6.54 Å². The maximum Gasteiger partial charge on any atom is 0.303 e. The molecule has 0 aromatic heterocycles. The number of ether oxygens (including phenoxy) is 7. The van der Waals surface area contributed by atoms with Crippen LogP contribution in [0.15, 0.2) is 94.4 Å². The van der Waals surface area contributed by atoms with E-state index in [-0.39, 0.29) is 16.2 Å². The number of carboxylic acids is 1. The first-order valence-electron chi connectivity index (χ1n) is 22.4. The molecule has 2 heterocycles. The van der Waals surface area contributed by atoms with Crippen molar-refractivity contribution < 1.29 is 73.6 Å². The number of anilines is 1. The second-order valence-electron chi connectivity index (χ2n) is 16.5. The summed E-state index contributed by atoms with van der Waals surface area (Å²) < 4.78 is 110. The summed E-state index contributed by atoms with van der Waals surface area (Å²) >= 11 is 0. The first-order valence-corrected chi connectivity index (χ1v) is 25.3. The average molecular weight is 978 g/mol. The molecule has 372 valence electrons. The van der Waals surface area contributed by atoms with Gasteiger partial charge in [0, 0.05) is 88.4 Å². The van der Waals surface area contributed by atoms with Gasteiger partial charge in [0.25, 0.3) is 20.2 Å². The van der Waals surface area contributed by atoms with Gasteiger partial charge in [0.2, 0.25) is 5.69 Å². The summed E-state index contributed by atoms with van der Waals surface area (Å²) in [6, 6.07) is 9.22. The summed E-state index contributed by atoms with van der Waals surface area (Å²) in [4.78, 5) is 12.9. The quantitative estimate of drug-likeness (QED) is 0.0310. The Morgan fingerprint density at radius 2 is 1.16 bits per heavy atom. The fraction of sp³-hybridized carbons (Fsp3) is 0.542. The monoisotopic (exact) mass is 977 g/mol. The lowest BCUT2D eigenvalue weighted by atomic mass is 9.76. The molecule has 2 unspecified atom stereocenters. The zero-order valence-electron chi connectivity index (χ0n) is 39.4. The van der Waals surface area contributed by atoms with E-state index in [4.69, 9.17) is 33.2 Å². The highest BCUT2D eigenvalue weighted by atomic mass is 32.2. The number of allylic oxidation sites excluding steroid dienone is 8. The van der Waals surface area contributed by atoms with Crippen molar-refractivity contribution in [3.63, 3.8) is 0 Å². The Labute approximate surface area is 396 Å². The predicted molar refractivity (Wildman–Crippen MR) is 254 cm³/mol. The molecular weight excluding hydrogens is 909 g/mol. The number of rotatable bonds is 33. The molecule has 2 aliphatic rings. The van der Waals surface area contributed by atoms with Gasteiger partial charge in [-0.05, 0) is 81.5 Å². The van der Waals surface area contributed by atoms with Crippen LogP contribution in [0.2, 0.25) is 0 Å². The number of carboxylic acid groups (broad SMARTS) is 1. The van der Waals surface area contributed by atoms with Gasteiger partial charge in [-0.1, -0.05) is 30.4 Å². The molecule has 0 bridgehead atoms. The van der Waals surface area contributed by atoms with E-state index in [1.54, 1.807) is 33.5 Å². The van der Waals surface area contributed by atoms with Crippen molar-refractivity contribution in [2.24, 2.45) is 0 Å². The summed E-state index contributed by atoms with van der Waals surface area (Å²) in [7, 11) is -4.17. The first-order chi connectivity index (χ1) is 32.0. The molecule has 4 rings (SSSR count). The van der Waals surface area contributed by atoms with Crippen LogP contribution in [0.3, 0.4) is 0 Å². The van der Waals surface area contributed by atoms with E-state index in [1.165, 1.54) is 24.3 Å². The van der Waals surface area contributed by atoms with Gasteiger partial charge in [-0.3, -0.25) is 13.9 Å². The highest BCUT2D eigenvalue weighted by Crippen LogP contribution is 2.50. The molecule has 2 atom stereocenters. The summed E-state index contributed by atoms with van der Waals surface area (Å²) in [6.45, 7) is 9.45. The van der Waals surface area contributed by atoms with Crippen LogP contribution in [0, 0.1) is 0 Å². The van der Waals surface area contributed by atoms with E-state index < -0.39 is 37.0 Å². The normalized spacial score (nSPS) is 19.3. The lowest BCUT2D eigenvalue weighted by molar-refractivity contribution is -0.438. The molecule has 0 saturated carbocycles. The summed E-state index contributed by atoms with van der Waals surface area (Å²) in [5.41, 5.74) is 3.31. The molecule has 2 aromatic rings. The van der Waals surface area contributed by atoms with Crippen LogP contribution in [0.5, 0.6) is 0 Å². The van der Waals surface area contributed by atoms with Gasteiger partial charge in [0.15, 0.2) is 5.71 Å². The fourth-order valence-electron chi connectivity index (χ4n) is 8.26. The van der Waals surface area contributed by atoms with E-state index in [2.05, 4.69) is 9.48 Å². The van der Waals surface area contributed by atoms with Crippen LogP contribution < -0.4 is 4.90 Å². The number of aliphatic carboxylic acids is 1. The molecule has 0 spiro atoms. The largest absolute Gasteiger partial charge is 0.481 e. The minimum absolute atomic E-state index is 0.0661. The number of methoxy groups -OCH3 is 3. The predicted octanol–water partition coefficient (Wildman–Crippen LogP) is 6.30. The summed E-state index contributed by atoms with van der Waals surface area (Å²) in [6.07, 6.45) is 16.3. The van der Waals surface area contributed by atoms with Gasteiger partial charge >= 0.3 is 5.97 Å². The van der Waals surface area contributed by atoms with Crippen LogP contribution in [0.25, 0.3) is 0 Å². The third kappa shape index (κ3) is 16.0. The minimum atomic E-state index is -4.51. The van der Waals surface area contributed by atoms with Gasteiger partial charge in [-0.15, -0.1) is 0 Å². The van der Waals surface area contributed by atoms with Crippen LogP contribution in [0.1, 0.15) is 63.5 Å². The molecule has 17 nitrogen and oxygen atoms in total. The van der Waals surface area contributed by atoms with Crippen molar-refractivity contribution in [1.29, 1.82) is 0 Å². The summed E-state index contributed by atoms with van der Waals surface area (Å²) in [5, 5.41) is 9.19. The van der Waals surface area contributed by atoms with Crippen molar-refractivity contribution in [2.45, 2.75) is 73.0 Å². The van der Waals surface area contributed by atoms with Crippen LogP contribution in [0.4, 0.5) is 11.4 Å². The van der Waals surface area contributed by atoms with E-state index in [0.717, 1.165) is 28.3 Å². The zero-order valence-corrected chi connectivity index (χ0v) is 41.0. The highest BCUT2D eigenvalue weighted by Gasteiger charge is 2.48. The molecule has 0 aliphatic carbocycles. The molecule has 2 aromatic carbocycles. The number of hydrogen-bond donors (Lipinski definition) is 3. The standard InChI is InChI=1S/C48H68N2O15S2/c1-47(21-25-62-32-34-64-30-28-60-4)40-36-38(66(53,54)55)17-19-42(40)49(23-13-9-12-16-46(51)52)44(47)14-10-7-6-8-11-15-45-48(2,22-26-63-33-35-65-31-29-61-5)41-37-39(67(56,57)58)18-20-43(41)50(45)24-27-59-3/h6-8,10-11,14-15,17-20,36-37H,9,12-13,16,21-35H2,1-5H3,(H2-,51,52,53,54,55,56,57,58)/p+1. The van der Waals surface area contributed by atoms with E-state index >= 15 is 0 Å². The number of benzene rings is 2. The smallest absolute Gasteiger partial charge is 0.303 e. The maximum absolute atomic E-state index is 12.4. The Morgan fingerprint density at radius 1 is 0.642 bits per heavy atom. The molecule has 0 radical (unpaired) electrons. The second kappa shape index (κ2) is 27.2. The number of nitrogens with zero attached hydrogens (tertiary/aromatic N) is 2. The number of hydrogen-bond acceptors (Lipinski definition) is 13. The topological polar surface area (TPSA) is 217 Å². The molecule has 3 N–H and O–H groups in total. The fourth-order valence-corrected chi connectivity index (χ4v) is 9.28. The first kappa shape index (κ1) is 55.5. The molecule has 19 heteroatoms. The molecule has 0 fully saturated rings. The number of unbranched alkanes of at least 4 members (excludes halogenated alkanes) is 2. The Hall–Kier alpha value is -4.12. The van der Waals surface area contributed by atoms with Crippen LogP contribution in [-0.2, 0) is 69.0 Å². The lowest BCUT2D eigenvalue weighted by Gasteiger charge is -2.30. The van der Waals surface area contributed by atoms with Crippen LogP contribution >= 0.6 is 0 Å². The van der Waals surface area contributed by atoms with Crippen molar-refractivity contribution in [3.8, 4) is 0 Å². The summed E-state index contributed by atoms with van der Waals surface area (Å²) in [5.74, 6) is -0.852. The Morgan fingerprint density at radius 3 is 1.75 bits per heavy atom. The third-order valence-corrected chi connectivity index (χ3v) is 13.6. The van der Waals surface area contributed by atoms with Crippen molar-refractivity contribution in [2.75, 3.05) is 112 Å². The molecular formula is C48H69N2O15S2+. The van der Waals surface area contributed by atoms with Crippen molar-refractivity contribution in [1.82, 2.24) is 0 Å². The molecule has 0 amide bonds. The van der Waals surface area contributed by atoms with Gasteiger partial charge in [0.05, 0.1) is 74.7 Å². The lowest BCUT2D eigenvalue weighted by Crippen LogP contribution is -2.33. The van der Waals surface area contributed by atoms with Gasteiger partial charge in [-0.2, -0.15) is 21.4 Å². The average Bonchev–Trinajstić information content (AvgIpc) is 3.65. The third-order valence-electron chi connectivity index (χ3n) is 11.9. The van der Waals surface area contributed by atoms with Crippen molar-refractivity contribution in [3.05, 3.63) is 95.8 Å². The minimum Gasteiger partial charge on any atom is -0.481 e. The van der Waals surface area contributed by atoms with E-state index in [1.807, 2.05) is 56.4 Å². The maximum atomic E-state index is 12.4. The van der Waals surface area contributed by atoms with Crippen molar-refractivity contribution >= 4 is 43.3 Å². The molecule has 2 aliphatic heterocycles. The molecule has 0 saturated heterocycles. The highest BCUT2D eigenvalue weighted by molar-refractivity contribution is 7.86. The SMILES string of the molecule is COCCOCCOCCC1(C)C(/C=C/C=C/C=C/C=C2/N(CCOC)c3ccc(S(=O)(=O)O)cc3C2(C)CCOCCOCCOC)=[N+](CCCCCC(=O)O)c2ccc(S(=O)(=O)O)cc21. The van der Waals surface area contributed by atoms with E-state index in [0.29, 0.717) is 123 Å². The number of carbonyl (C=O) groups is 1. The van der Waals surface area contributed by atoms with Crippen LogP contribution in [-0.4, -0.2) is 154 Å². The number of fused-ring (bicyclic) bond motifs is 2. The second-order valence-corrected chi connectivity index (χ2v) is 19.3. The zero-order chi connectivity index (χ0) is 48.9. The Kier molecular flexibility index (Phi) is 22.5. The molecule has 67 heavy (non-hydrogen) atoms. The van der Waals surface area contributed by atoms with Gasteiger partial charge in [-0.25, -0.2) is 0 Å². The Bertz CT molecular complexity index is 2310. The Balaban J connectivity index is 1.65.